The maximum absolute atomic E-state index is 11.0. The average Bonchev–Trinajstić information content (AvgIpc) is 3.08. The van der Waals surface area contributed by atoms with Gasteiger partial charge in [-0.05, 0) is 31.0 Å². The zero-order chi connectivity index (χ0) is 12.5. The number of nitriles is 1. The molecule has 1 fully saturated rings. The highest BCUT2D eigenvalue weighted by molar-refractivity contribution is 6.30. The van der Waals surface area contributed by atoms with E-state index in [4.69, 9.17) is 22.0 Å². The smallest absolute Gasteiger partial charge is 0.311 e. The van der Waals surface area contributed by atoms with Crippen LogP contribution in [0.3, 0.4) is 0 Å². The van der Waals surface area contributed by atoms with Crippen LogP contribution in [0, 0.1) is 16.7 Å². The predicted octanol–water partition coefficient (Wildman–Crippen LogP) is 2.49. The molecule has 0 saturated heterocycles. The number of hydrogen-bond donors (Lipinski definition) is 2. The maximum atomic E-state index is 11.0. The zero-order valence-electron chi connectivity index (χ0n) is 9.03. The molecule has 1 aromatic rings. The fourth-order valence-electron chi connectivity index (χ4n) is 1.64. The average molecular weight is 251 g/mol. The first kappa shape index (κ1) is 11.7. The predicted molar refractivity (Wildman–Crippen MR) is 64.0 cm³/mol. The number of aliphatic carboxylic acids is 1. The van der Waals surface area contributed by atoms with E-state index in [0.717, 1.165) is 0 Å². The molecule has 4 nitrogen and oxygen atoms in total. The van der Waals surface area contributed by atoms with Crippen LogP contribution in [0.5, 0.6) is 0 Å². The first-order chi connectivity index (χ1) is 8.07. The molecule has 0 unspecified atom stereocenters. The van der Waals surface area contributed by atoms with Gasteiger partial charge in [0.1, 0.15) is 6.07 Å². The lowest BCUT2D eigenvalue weighted by Crippen LogP contribution is -2.24. The highest BCUT2D eigenvalue weighted by Gasteiger charge is 2.50. The molecule has 0 atom stereocenters. The molecule has 88 valence electrons. The van der Waals surface area contributed by atoms with Crippen LogP contribution in [0.4, 0.5) is 5.69 Å². The second kappa shape index (κ2) is 4.27. The number of rotatable bonds is 4. The summed E-state index contributed by atoms with van der Waals surface area (Å²) in [4.78, 5) is 11.0. The number of anilines is 1. The number of carboxylic acid groups (broad SMARTS) is 1. The molecule has 0 heterocycles. The lowest BCUT2D eigenvalue weighted by atomic mass is 10.1. The molecule has 0 bridgehead atoms. The molecule has 2 N–H and O–H groups in total. The van der Waals surface area contributed by atoms with E-state index in [0.29, 0.717) is 35.7 Å². The Morgan fingerprint density at radius 2 is 2.29 bits per heavy atom. The molecule has 1 saturated carbocycles. The molecule has 17 heavy (non-hydrogen) atoms. The van der Waals surface area contributed by atoms with E-state index in [1.165, 1.54) is 0 Å². The summed E-state index contributed by atoms with van der Waals surface area (Å²) in [6.45, 7) is 0.346. The number of halogens is 1. The van der Waals surface area contributed by atoms with Crippen LogP contribution in [-0.2, 0) is 4.79 Å². The Balaban J connectivity index is 2.10. The van der Waals surface area contributed by atoms with Crippen molar-refractivity contribution in [3.05, 3.63) is 28.8 Å². The molecule has 2 rings (SSSR count). The Morgan fingerprint density at radius 3 is 2.82 bits per heavy atom. The van der Waals surface area contributed by atoms with E-state index < -0.39 is 11.4 Å². The Bertz CT molecular complexity index is 504. The summed E-state index contributed by atoms with van der Waals surface area (Å²) >= 11 is 5.78. The van der Waals surface area contributed by atoms with Crippen molar-refractivity contribution in [2.75, 3.05) is 11.9 Å². The van der Waals surface area contributed by atoms with E-state index >= 15 is 0 Å². The molecule has 5 heteroatoms. The second-order valence-corrected chi connectivity index (χ2v) is 4.68. The fourth-order valence-corrected chi connectivity index (χ4v) is 1.82. The largest absolute Gasteiger partial charge is 0.481 e. The van der Waals surface area contributed by atoms with E-state index in [-0.39, 0.29) is 0 Å². The Labute approximate surface area is 104 Å². The fraction of sp³-hybridized carbons (Fsp3) is 0.333. The molecular formula is C12H11ClN2O2. The maximum Gasteiger partial charge on any atom is 0.311 e. The number of benzene rings is 1. The third kappa shape index (κ3) is 2.34. The van der Waals surface area contributed by atoms with Crippen LogP contribution in [0.25, 0.3) is 0 Å². The first-order valence-corrected chi connectivity index (χ1v) is 5.62. The minimum Gasteiger partial charge on any atom is -0.481 e. The second-order valence-electron chi connectivity index (χ2n) is 4.24. The van der Waals surface area contributed by atoms with Gasteiger partial charge in [0.25, 0.3) is 0 Å². The third-order valence-corrected chi connectivity index (χ3v) is 3.26. The van der Waals surface area contributed by atoms with Gasteiger partial charge in [-0.1, -0.05) is 11.6 Å². The van der Waals surface area contributed by atoms with E-state index in [1.54, 1.807) is 18.2 Å². The normalized spacial score (nSPS) is 16.0. The minimum absolute atomic E-state index is 0.346. The quantitative estimate of drug-likeness (QED) is 0.861. The zero-order valence-corrected chi connectivity index (χ0v) is 9.79. The molecule has 0 amide bonds. The summed E-state index contributed by atoms with van der Waals surface area (Å²) in [5, 5.41) is 21.5. The van der Waals surface area contributed by atoms with Gasteiger partial charge in [-0.2, -0.15) is 5.26 Å². The standard InChI is InChI=1S/C12H11ClN2O2/c13-9-1-2-10(8(5-9)6-14)15-7-12(3-4-12)11(16)17/h1-2,5,15H,3-4,7H2,(H,16,17). The van der Waals surface area contributed by atoms with Crippen molar-refractivity contribution in [1.82, 2.24) is 0 Å². The number of carboxylic acids is 1. The lowest BCUT2D eigenvalue weighted by Gasteiger charge is -2.13. The van der Waals surface area contributed by atoms with Gasteiger partial charge in [-0.15, -0.1) is 0 Å². The minimum atomic E-state index is -0.780. The molecule has 0 spiro atoms. The van der Waals surface area contributed by atoms with E-state index in [9.17, 15) is 4.79 Å². The molecule has 0 aromatic heterocycles. The molecule has 1 aliphatic carbocycles. The summed E-state index contributed by atoms with van der Waals surface area (Å²) in [7, 11) is 0. The summed E-state index contributed by atoms with van der Waals surface area (Å²) in [6, 6.07) is 6.95. The molecule has 1 aliphatic rings. The van der Waals surface area contributed by atoms with Gasteiger partial charge in [0.05, 0.1) is 16.7 Å². The van der Waals surface area contributed by atoms with Crippen LogP contribution in [0.1, 0.15) is 18.4 Å². The molecule has 0 aliphatic heterocycles. The number of hydrogen-bond acceptors (Lipinski definition) is 3. The monoisotopic (exact) mass is 250 g/mol. The first-order valence-electron chi connectivity index (χ1n) is 5.24. The van der Waals surface area contributed by atoms with Crippen molar-refractivity contribution in [3.63, 3.8) is 0 Å². The van der Waals surface area contributed by atoms with Gasteiger partial charge in [-0.3, -0.25) is 4.79 Å². The summed E-state index contributed by atoms with van der Waals surface area (Å²) < 4.78 is 0. The van der Waals surface area contributed by atoms with Crippen LogP contribution in [0.15, 0.2) is 18.2 Å². The Hall–Kier alpha value is -1.73. The number of carbonyl (C=O) groups is 1. The summed E-state index contributed by atoms with van der Waals surface area (Å²) in [5.41, 5.74) is 0.412. The van der Waals surface area contributed by atoms with Crippen molar-refractivity contribution >= 4 is 23.3 Å². The van der Waals surface area contributed by atoms with E-state index in [1.807, 2.05) is 6.07 Å². The topological polar surface area (TPSA) is 73.1 Å². The highest BCUT2D eigenvalue weighted by atomic mass is 35.5. The third-order valence-electron chi connectivity index (χ3n) is 3.03. The van der Waals surface area contributed by atoms with E-state index in [2.05, 4.69) is 5.32 Å². The lowest BCUT2D eigenvalue weighted by molar-refractivity contribution is -0.142. The van der Waals surface area contributed by atoms with Gasteiger partial charge in [0.2, 0.25) is 0 Å². The SMILES string of the molecule is N#Cc1cc(Cl)ccc1NCC1(C(=O)O)CC1. The van der Waals surface area contributed by atoms with Crippen LogP contribution in [-0.4, -0.2) is 17.6 Å². The van der Waals surface area contributed by atoms with Crippen LogP contribution >= 0.6 is 11.6 Å². The summed E-state index contributed by atoms with van der Waals surface area (Å²) in [6.07, 6.45) is 1.37. The number of nitrogens with zero attached hydrogens (tertiary/aromatic N) is 1. The molecule has 1 aromatic carbocycles. The Morgan fingerprint density at radius 1 is 1.59 bits per heavy atom. The Kier molecular flexibility index (Phi) is 2.95. The highest BCUT2D eigenvalue weighted by Crippen LogP contribution is 2.45. The number of nitrogens with one attached hydrogen (secondary N) is 1. The van der Waals surface area contributed by atoms with Gasteiger partial charge in [0.15, 0.2) is 0 Å². The van der Waals surface area contributed by atoms with Crippen molar-refractivity contribution < 1.29 is 9.90 Å². The van der Waals surface area contributed by atoms with Crippen LogP contribution in [0.2, 0.25) is 5.02 Å². The molecular weight excluding hydrogens is 240 g/mol. The van der Waals surface area contributed by atoms with Gasteiger partial charge in [-0.25, -0.2) is 0 Å². The summed E-state index contributed by atoms with van der Waals surface area (Å²) in [5.74, 6) is -0.780. The van der Waals surface area contributed by atoms with Crippen LogP contribution < -0.4 is 5.32 Å². The van der Waals surface area contributed by atoms with Crippen molar-refractivity contribution in [2.45, 2.75) is 12.8 Å². The van der Waals surface area contributed by atoms with Gasteiger partial charge < -0.3 is 10.4 Å². The molecule has 0 radical (unpaired) electrons. The van der Waals surface area contributed by atoms with Crippen molar-refractivity contribution in [2.24, 2.45) is 5.41 Å². The van der Waals surface area contributed by atoms with Gasteiger partial charge in [0, 0.05) is 11.6 Å². The van der Waals surface area contributed by atoms with Gasteiger partial charge >= 0.3 is 5.97 Å². The van der Waals surface area contributed by atoms with Crippen molar-refractivity contribution in [3.8, 4) is 6.07 Å². The van der Waals surface area contributed by atoms with Crippen molar-refractivity contribution in [1.29, 1.82) is 5.26 Å².